The summed E-state index contributed by atoms with van der Waals surface area (Å²) in [5, 5.41) is 7.62. The molecule has 0 spiro atoms. The van der Waals surface area contributed by atoms with Gasteiger partial charge in [0.1, 0.15) is 0 Å². The van der Waals surface area contributed by atoms with E-state index in [-0.39, 0.29) is 17.2 Å². The Labute approximate surface area is 172 Å². The van der Waals surface area contributed by atoms with E-state index in [2.05, 4.69) is 41.4 Å². The number of rotatable bonds is 6. The van der Waals surface area contributed by atoms with Crippen LogP contribution in [0.15, 0.2) is 71.5 Å². The van der Waals surface area contributed by atoms with Crippen LogP contribution in [0.1, 0.15) is 25.8 Å². The number of carbonyl (C=O) groups excluding carboxylic acids is 1. The molecule has 0 atom stereocenters. The van der Waals surface area contributed by atoms with Crippen LogP contribution in [0.5, 0.6) is 0 Å². The van der Waals surface area contributed by atoms with Crippen molar-refractivity contribution in [2.45, 2.75) is 19.9 Å². The maximum Gasteiger partial charge on any atom is 0.275 e. The molecule has 2 aromatic heterocycles. The topological polar surface area (TPSA) is 66.1 Å². The van der Waals surface area contributed by atoms with E-state index in [1.807, 2.05) is 29.2 Å². The first-order valence-corrected chi connectivity index (χ1v) is 10.3. The van der Waals surface area contributed by atoms with Crippen molar-refractivity contribution >= 4 is 28.0 Å². The van der Waals surface area contributed by atoms with Crippen molar-refractivity contribution in [3.8, 4) is 0 Å². The van der Waals surface area contributed by atoms with E-state index in [0.29, 0.717) is 23.9 Å². The van der Waals surface area contributed by atoms with Crippen LogP contribution in [0, 0.1) is 6.92 Å². The summed E-state index contributed by atoms with van der Waals surface area (Å²) in [4.78, 5) is 29.7. The molecule has 146 valence electrons. The molecule has 0 radical (unpaired) electrons. The van der Waals surface area contributed by atoms with Gasteiger partial charge in [-0.2, -0.15) is 5.10 Å². The van der Waals surface area contributed by atoms with Crippen LogP contribution in [-0.2, 0) is 13.0 Å². The maximum atomic E-state index is 13.4. The molecule has 0 aliphatic heterocycles. The highest BCUT2D eigenvalue weighted by atomic mass is 32.1. The Morgan fingerprint density at radius 3 is 2.45 bits per heavy atom. The smallest absolute Gasteiger partial charge is 0.275 e. The van der Waals surface area contributed by atoms with Gasteiger partial charge in [0.15, 0.2) is 5.69 Å². The van der Waals surface area contributed by atoms with E-state index in [0.717, 1.165) is 11.3 Å². The number of aromatic nitrogens is 2. The molecule has 4 rings (SSSR count). The number of fused-ring (bicyclic) bond motifs is 1. The fraction of sp³-hybridized carbons (Fsp3) is 0.174. The van der Waals surface area contributed by atoms with Gasteiger partial charge in [-0.3, -0.25) is 9.59 Å². The highest BCUT2D eigenvalue weighted by Gasteiger charge is 2.21. The van der Waals surface area contributed by atoms with Gasteiger partial charge in [0.2, 0.25) is 0 Å². The second kappa shape index (κ2) is 8.41. The van der Waals surface area contributed by atoms with Crippen LogP contribution >= 0.6 is 11.3 Å². The zero-order valence-corrected chi connectivity index (χ0v) is 16.9. The third-order valence-corrected chi connectivity index (χ3v) is 5.83. The Kier molecular flexibility index (Phi) is 5.53. The molecule has 1 amide bonds. The molecule has 0 saturated carbocycles. The predicted molar refractivity (Wildman–Crippen MR) is 116 cm³/mol. The van der Waals surface area contributed by atoms with Gasteiger partial charge in [-0.05, 0) is 37.1 Å². The summed E-state index contributed by atoms with van der Waals surface area (Å²) in [6.07, 6.45) is 0.748. The zero-order chi connectivity index (χ0) is 20.2. The summed E-state index contributed by atoms with van der Waals surface area (Å²) >= 11 is 1.68. The van der Waals surface area contributed by atoms with Crippen LogP contribution < -0.4 is 5.56 Å². The van der Waals surface area contributed by atoms with Gasteiger partial charge < -0.3 is 4.90 Å². The van der Waals surface area contributed by atoms with E-state index in [1.54, 1.807) is 29.5 Å². The fourth-order valence-electron chi connectivity index (χ4n) is 3.35. The van der Waals surface area contributed by atoms with Crippen molar-refractivity contribution in [3.63, 3.8) is 0 Å². The largest absolute Gasteiger partial charge is 0.332 e. The first kappa shape index (κ1) is 19.1. The first-order chi connectivity index (χ1) is 14.1. The number of benzene rings is 2. The zero-order valence-electron chi connectivity index (χ0n) is 16.1. The van der Waals surface area contributed by atoms with Gasteiger partial charge in [0, 0.05) is 21.7 Å². The van der Waals surface area contributed by atoms with E-state index in [4.69, 9.17) is 0 Å². The molecule has 4 aromatic rings. The maximum absolute atomic E-state index is 13.4. The van der Waals surface area contributed by atoms with Crippen LogP contribution in [0.4, 0.5) is 0 Å². The lowest BCUT2D eigenvalue weighted by molar-refractivity contribution is 0.0742. The Bertz CT molecular complexity index is 1200. The number of thiophene rings is 1. The molecule has 5 nitrogen and oxygen atoms in total. The van der Waals surface area contributed by atoms with E-state index < -0.39 is 0 Å². The van der Waals surface area contributed by atoms with E-state index >= 15 is 0 Å². The van der Waals surface area contributed by atoms with Gasteiger partial charge in [-0.15, -0.1) is 11.3 Å². The number of aromatic amines is 1. The number of hydrogen-bond donors (Lipinski definition) is 1. The van der Waals surface area contributed by atoms with Crippen molar-refractivity contribution in [1.29, 1.82) is 0 Å². The van der Waals surface area contributed by atoms with Gasteiger partial charge in [-0.25, -0.2) is 5.10 Å². The number of nitrogens with zero attached hydrogens (tertiary/aromatic N) is 2. The lowest BCUT2D eigenvalue weighted by Crippen LogP contribution is -2.33. The number of carbonyl (C=O) groups is 1. The van der Waals surface area contributed by atoms with Gasteiger partial charge in [0.25, 0.3) is 11.5 Å². The van der Waals surface area contributed by atoms with Crippen LogP contribution in [0.2, 0.25) is 0 Å². The average molecular weight is 404 g/mol. The minimum absolute atomic E-state index is 0.181. The highest BCUT2D eigenvalue weighted by Crippen LogP contribution is 2.20. The van der Waals surface area contributed by atoms with Crippen molar-refractivity contribution < 1.29 is 4.79 Å². The standard InChI is InChI=1S/C23H21N3O2S/c1-16-11-12-18(29-16)15-26(14-13-17-7-3-2-4-8-17)23(28)21-19-9-5-6-10-20(19)22(27)25-24-21/h2-12H,13-15H2,1H3,(H,25,27). The van der Waals surface area contributed by atoms with E-state index in [1.165, 1.54) is 10.4 Å². The summed E-state index contributed by atoms with van der Waals surface area (Å²) in [6.45, 7) is 3.13. The summed E-state index contributed by atoms with van der Waals surface area (Å²) in [5.41, 5.74) is 1.16. The average Bonchev–Trinajstić information content (AvgIpc) is 3.16. The third kappa shape index (κ3) is 4.27. The fourth-order valence-corrected chi connectivity index (χ4v) is 4.25. The molecular weight excluding hydrogens is 382 g/mol. The number of hydrogen-bond acceptors (Lipinski definition) is 4. The molecule has 2 aromatic carbocycles. The second-order valence-corrected chi connectivity index (χ2v) is 8.29. The summed E-state index contributed by atoms with van der Waals surface area (Å²) in [7, 11) is 0. The normalized spacial score (nSPS) is 10.9. The highest BCUT2D eigenvalue weighted by molar-refractivity contribution is 7.11. The first-order valence-electron chi connectivity index (χ1n) is 9.48. The Morgan fingerprint density at radius 2 is 1.72 bits per heavy atom. The van der Waals surface area contributed by atoms with Gasteiger partial charge in [0.05, 0.1) is 11.9 Å². The van der Waals surface area contributed by atoms with Crippen molar-refractivity contribution in [3.05, 3.63) is 98.1 Å². The summed E-state index contributed by atoms with van der Waals surface area (Å²) in [5.74, 6) is -0.181. The molecule has 1 N–H and O–H groups in total. The Balaban J connectivity index is 1.67. The van der Waals surface area contributed by atoms with Crippen molar-refractivity contribution in [1.82, 2.24) is 15.1 Å². The molecule has 29 heavy (non-hydrogen) atoms. The lowest BCUT2D eigenvalue weighted by atomic mass is 10.1. The summed E-state index contributed by atoms with van der Waals surface area (Å²) < 4.78 is 0. The Morgan fingerprint density at radius 1 is 1.00 bits per heavy atom. The monoisotopic (exact) mass is 403 g/mol. The Hall–Kier alpha value is -3.25. The molecule has 0 bridgehead atoms. The minimum Gasteiger partial charge on any atom is -0.332 e. The molecule has 2 heterocycles. The van der Waals surface area contributed by atoms with Crippen molar-refractivity contribution in [2.75, 3.05) is 6.54 Å². The molecule has 0 saturated heterocycles. The third-order valence-electron chi connectivity index (χ3n) is 4.84. The molecular formula is C23H21N3O2S. The van der Waals surface area contributed by atoms with Crippen LogP contribution in [0.3, 0.4) is 0 Å². The number of nitrogens with one attached hydrogen (secondary N) is 1. The number of amides is 1. The SMILES string of the molecule is Cc1ccc(CN(CCc2ccccc2)C(=O)c2n[nH]c(=O)c3ccccc23)s1. The van der Waals surface area contributed by atoms with Crippen LogP contribution in [-0.4, -0.2) is 27.5 Å². The van der Waals surface area contributed by atoms with Crippen LogP contribution in [0.25, 0.3) is 10.8 Å². The molecule has 0 unspecified atom stereocenters. The lowest BCUT2D eigenvalue weighted by Gasteiger charge is -2.22. The predicted octanol–water partition coefficient (Wildman–Crippen LogP) is 4.18. The van der Waals surface area contributed by atoms with Gasteiger partial charge >= 0.3 is 0 Å². The minimum atomic E-state index is -0.290. The summed E-state index contributed by atoms with van der Waals surface area (Å²) in [6, 6.07) is 21.3. The molecule has 0 aliphatic rings. The van der Waals surface area contributed by atoms with Gasteiger partial charge in [-0.1, -0.05) is 48.5 Å². The molecule has 0 aliphatic carbocycles. The van der Waals surface area contributed by atoms with E-state index in [9.17, 15) is 9.59 Å². The second-order valence-electron chi connectivity index (χ2n) is 6.92. The van der Waals surface area contributed by atoms with Crippen molar-refractivity contribution in [2.24, 2.45) is 0 Å². The number of aryl methyl sites for hydroxylation is 1. The number of H-pyrrole nitrogens is 1. The molecule has 6 heteroatoms. The molecule has 0 fully saturated rings. The quantitative estimate of drug-likeness (QED) is 0.525.